The summed E-state index contributed by atoms with van der Waals surface area (Å²) in [6, 6.07) is 0.795. The van der Waals surface area contributed by atoms with Crippen LogP contribution in [0.2, 0.25) is 10.0 Å². The highest BCUT2D eigenvalue weighted by Crippen LogP contribution is 2.47. The Morgan fingerprint density at radius 1 is 1.20 bits per heavy atom. The van der Waals surface area contributed by atoms with Gasteiger partial charge in [-0.15, -0.1) is 0 Å². The number of rotatable bonds is 7. The third-order valence-corrected chi connectivity index (χ3v) is 6.54. The van der Waals surface area contributed by atoms with Gasteiger partial charge in [-0.3, -0.25) is 14.6 Å². The van der Waals surface area contributed by atoms with Crippen molar-refractivity contribution >= 4 is 52.6 Å². The molecule has 2 aliphatic heterocycles. The van der Waals surface area contributed by atoms with Gasteiger partial charge in [0.15, 0.2) is 0 Å². The van der Waals surface area contributed by atoms with Gasteiger partial charge in [-0.1, -0.05) is 23.2 Å². The first-order valence-corrected chi connectivity index (χ1v) is 11.7. The summed E-state index contributed by atoms with van der Waals surface area (Å²) >= 11 is 13.1. The second-order valence-corrected chi connectivity index (χ2v) is 8.76. The van der Waals surface area contributed by atoms with Crippen LogP contribution in [0.3, 0.4) is 0 Å². The van der Waals surface area contributed by atoms with Crippen LogP contribution in [0.25, 0.3) is 0 Å². The fourth-order valence-electron chi connectivity index (χ4n) is 4.12. The number of benzene rings is 1. The number of anilines is 3. The number of carbonyl (C=O) groups excluding carboxylic acids is 2. The number of nitrogens with zero attached hydrogens (tertiary/aromatic N) is 4. The van der Waals surface area contributed by atoms with Crippen LogP contribution in [0, 0.1) is 0 Å². The molecule has 4 rings (SSSR count). The van der Waals surface area contributed by atoms with Gasteiger partial charge in [0.2, 0.25) is 11.9 Å². The second-order valence-electron chi connectivity index (χ2n) is 8.01. The first-order chi connectivity index (χ1) is 16.8. The van der Waals surface area contributed by atoms with E-state index < -0.39 is 0 Å². The van der Waals surface area contributed by atoms with E-state index in [2.05, 4.69) is 20.6 Å². The molecule has 0 radical (unpaired) electrons. The molecule has 2 unspecified atom stereocenters. The minimum absolute atomic E-state index is 0.141. The lowest BCUT2D eigenvalue weighted by Gasteiger charge is -2.36. The fourth-order valence-corrected chi connectivity index (χ4v) is 4.83. The fraction of sp³-hybridized carbons (Fsp3) is 0.455. The van der Waals surface area contributed by atoms with Gasteiger partial charge in [-0.2, -0.15) is 4.98 Å². The Hall–Kier alpha value is -3.02. The molecule has 3 amide bonds. The van der Waals surface area contributed by atoms with Crippen LogP contribution >= 0.6 is 23.2 Å². The smallest absolute Gasteiger partial charge is 0.330 e. The van der Waals surface area contributed by atoms with E-state index in [1.165, 1.54) is 30.9 Å². The average Bonchev–Trinajstić information content (AvgIpc) is 3.25. The monoisotopic (exact) mass is 524 g/mol. The molecule has 1 aromatic heterocycles. The summed E-state index contributed by atoms with van der Waals surface area (Å²) < 4.78 is 16.2. The van der Waals surface area contributed by atoms with E-state index in [0.717, 1.165) is 0 Å². The number of carbonyl (C=O) groups is 2. The van der Waals surface area contributed by atoms with Gasteiger partial charge in [0.1, 0.15) is 27.4 Å². The molecule has 1 aromatic carbocycles. The first-order valence-electron chi connectivity index (χ1n) is 10.9. The Morgan fingerprint density at radius 2 is 1.86 bits per heavy atom. The third-order valence-electron chi connectivity index (χ3n) is 5.81. The zero-order chi connectivity index (χ0) is 25.3. The largest absolute Gasteiger partial charge is 0.495 e. The maximum Gasteiger partial charge on any atom is 0.330 e. The standard InChI is InChI=1S/C22H26Cl2N6O5/c1-5-29-20-12(7-25-21(28-20)27-14-10-35-9-13(14)26-11(2)31)8-30(22(29)32)19-17(23)15(33-3)6-16(34-4)18(19)24/h6-7,13-14H,5,8-10H2,1-4H3,(H,26,31)(H,25,27,28). The molecule has 2 aromatic rings. The molecule has 1 saturated heterocycles. The molecule has 35 heavy (non-hydrogen) atoms. The summed E-state index contributed by atoms with van der Waals surface area (Å²) in [5.74, 6) is 1.31. The molecular weight excluding hydrogens is 499 g/mol. The van der Waals surface area contributed by atoms with E-state index in [4.69, 9.17) is 37.4 Å². The Kier molecular flexibility index (Phi) is 7.39. The molecule has 2 aliphatic rings. The van der Waals surface area contributed by atoms with Crippen molar-refractivity contribution in [3.05, 3.63) is 27.9 Å². The minimum atomic E-state index is -0.357. The van der Waals surface area contributed by atoms with Crippen LogP contribution in [-0.4, -0.2) is 68.0 Å². The third kappa shape index (κ3) is 4.75. The van der Waals surface area contributed by atoms with Crippen LogP contribution in [0.1, 0.15) is 19.4 Å². The number of fused-ring (bicyclic) bond motifs is 1. The van der Waals surface area contributed by atoms with E-state index in [-0.39, 0.29) is 46.3 Å². The lowest BCUT2D eigenvalue weighted by Crippen LogP contribution is -2.48. The molecule has 0 aliphatic carbocycles. The van der Waals surface area contributed by atoms with Crippen LogP contribution < -0.4 is 29.9 Å². The average molecular weight is 525 g/mol. The number of urea groups is 1. The summed E-state index contributed by atoms with van der Waals surface area (Å²) in [6.07, 6.45) is 1.65. The summed E-state index contributed by atoms with van der Waals surface area (Å²) in [5.41, 5.74) is 0.981. The van der Waals surface area contributed by atoms with Crippen molar-refractivity contribution in [1.29, 1.82) is 0 Å². The Balaban J connectivity index is 1.67. The number of hydrogen-bond donors (Lipinski definition) is 2. The van der Waals surface area contributed by atoms with Crippen molar-refractivity contribution < 1.29 is 23.8 Å². The molecule has 11 nitrogen and oxygen atoms in total. The molecule has 1 fully saturated rings. The van der Waals surface area contributed by atoms with E-state index in [9.17, 15) is 9.59 Å². The summed E-state index contributed by atoms with van der Waals surface area (Å²) in [7, 11) is 2.94. The SMILES string of the molecule is CCN1C(=O)N(c2c(Cl)c(OC)cc(OC)c2Cl)Cc2cnc(NC3COCC3NC(C)=O)nc21. The number of amides is 3. The van der Waals surface area contributed by atoms with Gasteiger partial charge < -0.3 is 24.8 Å². The van der Waals surface area contributed by atoms with Gasteiger partial charge in [0.25, 0.3) is 0 Å². The van der Waals surface area contributed by atoms with E-state index in [1.54, 1.807) is 12.3 Å². The van der Waals surface area contributed by atoms with Gasteiger partial charge in [-0.05, 0) is 6.92 Å². The van der Waals surface area contributed by atoms with Crippen molar-refractivity contribution in [3.63, 3.8) is 0 Å². The molecule has 0 bridgehead atoms. The van der Waals surface area contributed by atoms with E-state index in [0.29, 0.717) is 48.6 Å². The van der Waals surface area contributed by atoms with Crippen molar-refractivity contribution in [2.75, 3.05) is 49.1 Å². The van der Waals surface area contributed by atoms with E-state index >= 15 is 0 Å². The molecule has 188 valence electrons. The van der Waals surface area contributed by atoms with Crippen molar-refractivity contribution in [3.8, 4) is 11.5 Å². The molecule has 3 heterocycles. The number of methoxy groups -OCH3 is 2. The van der Waals surface area contributed by atoms with Crippen molar-refractivity contribution in [1.82, 2.24) is 15.3 Å². The Morgan fingerprint density at radius 3 is 2.46 bits per heavy atom. The van der Waals surface area contributed by atoms with Crippen molar-refractivity contribution in [2.45, 2.75) is 32.5 Å². The van der Waals surface area contributed by atoms with Gasteiger partial charge in [-0.25, -0.2) is 9.78 Å². The van der Waals surface area contributed by atoms with Crippen LogP contribution in [0.15, 0.2) is 12.3 Å². The number of ether oxygens (including phenoxy) is 3. The number of aromatic nitrogens is 2. The van der Waals surface area contributed by atoms with Gasteiger partial charge >= 0.3 is 6.03 Å². The molecule has 0 saturated carbocycles. The van der Waals surface area contributed by atoms with Crippen LogP contribution in [0.4, 0.5) is 22.2 Å². The Bertz CT molecular complexity index is 1120. The molecule has 0 spiro atoms. The highest BCUT2D eigenvalue weighted by molar-refractivity contribution is 6.42. The lowest BCUT2D eigenvalue weighted by atomic mass is 10.1. The first kappa shape index (κ1) is 25.1. The number of nitrogens with one attached hydrogen (secondary N) is 2. The minimum Gasteiger partial charge on any atom is -0.495 e. The lowest BCUT2D eigenvalue weighted by molar-refractivity contribution is -0.119. The highest BCUT2D eigenvalue weighted by Gasteiger charge is 2.36. The van der Waals surface area contributed by atoms with E-state index in [1.807, 2.05) is 6.92 Å². The molecular formula is C22H26Cl2N6O5. The zero-order valence-electron chi connectivity index (χ0n) is 19.7. The summed E-state index contributed by atoms with van der Waals surface area (Å²) in [6.45, 7) is 4.57. The number of hydrogen-bond acceptors (Lipinski definition) is 8. The summed E-state index contributed by atoms with van der Waals surface area (Å²) in [4.78, 5) is 37.0. The number of halogens is 2. The maximum atomic E-state index is 13.6. The Labute approximate surface area is 212 Å². The summed E-state index contributed by atoms with van der Waals surface area (Å²) in [5, 5.41) is 6.45. The normalized spacial score (nSPS) is 19.4. The second kappa shape index (κ2) is 10.3. The maximum absolute atomic E-state index is 13.6. The van der Waals surface area contributed by atoms with Gasteiger partial charge in [0.05, 0.1) is 51.7 Å². The molecule has 13 heteroatoms. The zero-order valence-corrected chi connectivity index (χ0v) is 21.2. The van der Waals surface area contributed by atoms with Crippen LogP contribution in [-0.2, 0) is 16.1 Å². The quantitative estimate of drug-likeness (QED) is 0.567. The topological polar surface area (TPSA) is 118 Å². The predicted octanol–water partition coefficient (Wildman–Crippen LogP) is 3.08. The van der Waals surface area contributed by atoms with Crippen molar-refractivity contribution in [2.24, 2.45) is 0 Å². The van der Waals surface area contributed by atoms with Crippen LogP contribution in [0.5, 0.6) is 11.5 Å². The molecule has 2 N–H and O–H groups in total. The highest BCUT2D eigenvalue weighted by atomic mass is 35.5. The molecule has 2 atom stereocenters. The van der Waals surface area contributed by atoms with Gasteiger partial charge in [0, 0.05) is 31.3 Å². The predicted molar refractivity (Wildman–Crippen MR) is 132 cm³/mol.